The van der Waals surface area contributed by atoms with Crippen molar-refractivity contribution in [1.29, 1.82) is 0 Å². The van der Waals surface area contributed by atoms with Crippen molar-refractivity contribution in [3.05, 3.63) is 12.7 Å². The van der Waals surface area contributed by atoms with Crippen LogP contribution in [0.4, 0.5) is 0 Å². The number of ether oxygens (including phenoxy) is 3. The van der Waals surface area contributed by atoms with Crippen LogP contribution in [0.15, 0.2) is 12.7 Å². The van der Waals surface area contributed by atoms with Gasteiger partial charge in [-0.2, -0.15) is 0 Å². The van der Waals surface area contributed by atoms with Gasteiger partial charge in [-0.15, -0.1) is 0 Å². The minimum Gasteiger partial charge on any atom is -0.460 e. The second-order valence-electron chi connectivity index (χ2n) is 3.17. The first-order valence-electron chi connectivity index (χ1n) is 5.39. The van der Waals surface area contributed by atoms with Crippen LogP contribution in [-0.2, 0) is 23.8 Å². The molecule has 98 valence electrons. The molecule has 2 N–H and O–H groups in total. The van der Waals surface area contributed by atoms with Crippen LogP contribution in [0.3, 0.4) is 0 Å². The minimum atomic E-state index is -0.462. The molecule has 0 aromatic heterocycles. The zero-order chi connectivity index (χ0) is 12.9. The van der Waals surface area contributed by atoms with Crippen LogP contribution in [0.25, 0.3) is 0 Å². The highest BCUT2D eigenvalue weighted by Crippen LogP contribution is 1.89. The second-order valence-corrected chi connectivity index (χ2v) is 3.17. The Hall–Kier alpha value is -1.40. The highest BCUT2D eigenvalue weighted by atomic mass is 16.6. The van der Waals surface area contributed by atoms with Gasteiger partial charge in [0.05, 0.1) is 19.8 Å². The number of nitrogens with two attached hydrogens (primary N) is 1. The van der Waals surface area contributed by atoms with Gasteiger partial charge in [-0.3, -0.25) is 4.79 Å². The van der Waals surface area contributed by atoms with Crippen LogP contribution in [0.5, 0.6) is 0 Å². The number of amides is 1. The molecule has 0 saturated heterocycles. The fraction of sp³-hybridized carbons (Fsp3) is 0.636. The maximum Gasteiger partial charge on any atom is 0.330 e. The van der Waals surface area contributed by atoms with E-state index in [1.54, 1.807) is 0 Å². The van der Waals surface area contributed by atoms with Crippen LogP contribution in [0.1, 0.15) is 12.8 Å². The molecule has 0 rings (SSSR count). The fourth-order valence-electron chi connectivity index (χ4n) is 0.931. The largest absolute Gasteiger partial charge is 0.460 e. The molecular formula is C11H19NO5. The third-order valence-corrected chi connectivity index (χ3v) is 1.72. The molecule has 0 fully saturated rings. The van der Waals surface area contributed by atoms with Crippen LogP contribution < -0.4 is 5.73 Å². The second kappa shape index (κ2) is 11.1. The van der Waals surface area contributed by atoms with E-state index in [0.29, 0.717) is 39.3 Å². The molecule has 17 heavy (non-hydrogen) atoms. The first-order valence-corrected chi connectivity index (χ1v) is 5.39. The molecule has 0 bridgehead atoms. The molecule has 0 aromatic rings. The molecule has 0 radical (unpaired) electrons. The summed E-state index contributed by atoms with van der Waals surface area (Å²) in [5.41, 5.74) is 4.96. The van der Waals surface area contributed by atoms with E-state index in [9.17, 15) is 9.59 Å². The predicted octanol–water partition coefficient (Wildman–Crippen LogP) is 0.0143. The van der Waals surface area contributed by atoms with E-state index in [0.717, 1.165) is 6.08 Å². The average Bonchev–Trinajstić information content (AvgIpc) is 2.30. The van der Waals surface area contributed by atoms with Crippen LogP contribution in [-0.4, -0.2) is 44.9 Å². The Morgan fingerprint density at radius 3 is 2.24 bits per heavy atom. The Bertz CT molecular complexity index is 242. The maximum atomic E-state index is 10.6. The SMILES string of the molecule is C=CC(=O)OCCOCCOCCCC(N)=O. The summed E-state index contributed by atoms with van der Waals surface area (Å²) in [6, 6.07) is 0. The lowest BCUT2D eigenvalue weighted by molar-refractivity contribution is -0.139. The number of hydrogen-bond donors (Lipinski definition) is 1. The Morgan fingerprint density at radius 1 is 1.06 bits per heavy atom. The molecule has 1 amide bonds. The number of carbonyl (C=O) groups excluding carboxylic acids is 2. The molecule has 0 saturated carbocycles. The summed E-state index contributed by atoms with van der Waals surface area (Å²) < 4.78 is 15.0. The van der Waals surface area contributed by atoms with E-state index >= 15 is 0 Å². The number of rotatable bonds is 11. The van der Waals surface area contributed by atoms with Gasteiger partial charge in [0.15, 0.2) is 0 Å². The molecule has 6 heteroatoms. The van der Waals surface area contributed by atoms with Crippen molar-refractivity contribution < 1.29 is 23.8 Å². The van der Waals surface area contributed by atoms with Crippen molar-refractivity contribution in [1.82, 2.24) is 0 Å². The summed E-state index contributed by atoms with van der Waals surface area (Å²) in [4.78, 5) is 21.0. The van der Waals surface area contributed by atoms with Gasteiger partial charge in [-0.05, 0) is 6.42 Å². The van der Waals surface area contributed by atoms with Gasteiger partial charge in [-0.1, -0.05) is 6.58 Å². The summed E-state index contributed by atoms with van der Waals surface area (Å²) in [5, 5.41) is 0. The van der Waals surface area contributed by atoms with Crippen molar-refractivity contribution in [3.8, 4) is 0 Å². The van der Waals surface area contributed by atoms with Gasteiger partial charge in [0.25, 0.3) is 0 Å². The molecule has 0 heterocycles. The third-order valence-electron chi connectivity index (χ3n) is 1.72. The summed E-state index contributed by atoms with van der Waals surface area (Å²) in [6.45, 7) is 5.13. The van der Waals surface area contributed by atoms with Crippen LogP contribution in [0, 0.1) is 0 Å². The number of hydrogen-bond acceptors (Lipinski definition) is 5. The van der Waals surface area contributed by atoms with Crippen LogP contribution >= 0.6 is 0 Å². The van der Waals surface area contributed by atoms with Gasteiger partial charge in [0.1, 0.15) is 6.61 Å². The van der Waals surface area contributed by atoms with Crippen molar-refractivity contribution >= 4 is 11.9 Å². The predicted molar refractivity (Wildman–Crippen MR) is 61.2 cm³/mol. The maximum absolute atomic E-state index is 10.6. The van der Waals surface area contributed by atoms with E-state index in [1.807, 2.05) is 0 Å². The van der Waals surface area contributed by atoms with E-state index in [1.165, 1.54) is 0 Å². The number of esters is 1. The van der Waals surface area contributed by atoms with E-state index in [-0.39, 0.29) is 12.5 Å². The molecule has 0 unspecified atom stereocenters. The van der Waals surface area contributed by atoms with Gasteiger partial charge in [-0.25, -0.2) is 4.79 Å². The first-order chi connectivity index (χ1) is 8.16. The Balaban J connectivity index is 3.06. The average molecular weight is 245 g/mol. The number of primary amides is 1. The Kier molecular flexibility index (Phi) is 10.2. The van der Waals surface area contributed by atoms with E-state index in [2.05, 4.69) is 11.3 Å². The van der Waals surface area contributed by atoms with Crippen molar-refractivity contribution in [2.75, 3.05) is 33.0 Å². The molecule has 0 aliphatic heterocycles. The van der Waals surface area contributed by atoms with E-state index in [4.69, 9.17) is 15.2 Å². The topological polar surface area (TPSA) is 87.8 Å². The smallest absolute Gasteiger partial charge is 0.330 e. The fourth-order valence-corrected chi connectivity index (χ4v) is 0.931. The zero-order valence-corrected chi connectivity index (χ0v) is 9.85. The van der Waals surface area contributed by atoms with Gasteiger partial charge >= 0.3 is 5.97 Å². The third kappa shape index (κ3) is 12.5. The number of carbonyl (C=O) groups is 2. The highest BCUT2D eigenvalue weighted by Gasteiger charge is 1.96. The molecule has 0 aliphatic carbocycles. The van der Waals surface area contributed by atoms with Gasteiger partial charge in [0.2, 0.25) is 5.91 Å². The first kappa shape index (κ1) is 15.6. The Labute approximate surface area is 101 Å². The normalized spacial score (nSPS) is 9.88. The van der Waals surface area contributed by atoms with Gasteiger partial charge < -0.3 is 19.9 Å². The molecule has 0 spiro atoms. The quantitative estimate of drug-likeness (QED) is 0.315. The van der Waals surface area contributed by atoms with E-state index < -0.39 is 5.97 Å². The molecule has 6 nitrogen and oxygen atoms in total. The summed E-state index contributed by atoms with van der Waals surface area (Å²) in [7, 11) is 0. The van der Waals surface area contributed by atoms with Crippen molar-refractivity contribution in [3.63, 3.8) is 0 Å². The standard InChI is InChI=1S/C11H19NO5/c1-2-11(14)17-9-8-16-7-6-15-5-3-4-10(12)13/h2H,1,3-9H2,(H2,12,13). The highest BCUT2D eigenvalue weighted by molar-refractivity contribution is 5.81. The zero-order valence-electron chi connectivity index (χ0n) is 9.85. The monoisotopic (exact) mass is 245 g/mol. The minimum absolute atomic E-state index is 0.201. The summed E-state index contributed by atoms with van der Waals surface area (Å²) in [5.74, 6) is -0.787. The summed E-state index contributed by atoms with van der Waals surface area (Å²) in [6.07, 6.45) is 2.05. The molecular weight excluding hydrogens is 226 g/mol. The summed E-state index contributed by atoms with van der Waals surface area (Å²) >= 11 is 0. The van der Waals surface area contributed by atoms with Crippen molar-refractivity contribution in [2.24, 2.45) is 5.73 Å². The van der Waals surface area contributed by atoms with Crippen LogP contribution in [0.2, 0.25) is 0 Å². The molecule has 0 aromatic carbocycles. The molecule has 0 aliphatic rings. The lowest BCUT2D eigenvalue weighted by Crippen LogP contribution is -2.13. The van der Waals surface area contributed by atoms with Gasteiger partial charge in [0, 0.05) is 19.1 Å². The lowest BCUT2D eigenvalue weighted by atomic mass is 10.3. The molecule has 0 atom stereocenters. The lowest BCUT2D eigenvalue weighted by Gasteiger charge is -2.05. The van der Waals surface area contributed by atoms with Crippen molar-refractivity contribution in [2.45, 2.75) is 12.8 Å². The Morgan fingerprint density at radius 2 is 1.65 bits per heavy atom.